The lowest BCUT2D eigenvalue weighted by atomic mass is 10.1. The summed E-state index contributed by atoms with van der Waals surface area (Å²) in [6.07, 6.45) is 5.61. The molecule has 0 atom stereocenters. The van der Waals surface area contributed by atoms with Gasteiger partial charge in [-0.25, -0.2) is 4.98 Å². The van der Waals surface area contributed by atoms with E-state index in [4.69, 9.17) is 4.74 Å². The largest absolute Gasteiger partial charge is 0.481 e. The van der Waals surface area contributed by atoms with Crippen LogP contribution in [-0.2, 0) is 0 Å². The summed E-state index contributed by atoms with van der Waals surface area (Å²) in [5.41, 5.74) is 2.23. The maximum Gasteiger partial charge on any atom is 0.221 e. The molecule has 0 saturated heterocycles. The van der Waals surface area contributed by atoms with Gasteiger partial charge < -0.3 is 4.74 Å². The Morgan fingerprint density at radius 2 is 2.06 bits per heavy atom. The third-order valence-electron chi connectivity index (χ3n) is 2.19. The first-order valence-corrected chi connectivity index (χ1v) is 4.74. The Morgan fingerprint density at radius 3 is 2.69 bits per heavy atom. The second-order valence-electron chi connectivity index (χ2n) is 3.18. The normalized spacial score (nSPS) is 9.81. The van der Waals surface area contributed by atoms with E-state index in [0.29, 0.717) is 11.4 Å². The lowest BCUT2D eigenvalue weighted by Crippen LogP contribution is -1.94. The first-order valence-electron chi connectivity index (χ1n) is 4.74. The maximum absolute atomic E-state index is 10.7. The molecule has 2 aromatic heterocycles. The van der Waals surface area contributed by atoms with Crippen LogP contribution in [0.4, 0.5) is 0 Å². The Balaban J connectivity index is 2.57. The van der Waals surface area contributed by atoms with Gasteiger partial charge in [0.1, 0.15) is 0 Å². The molecule has 0 radical (unpaired) electrons. The average molecular weight is 214 g/mol. The minimum Gasteiger partial charge on any atom is -0.481 e. The molecule has 2 heterocycles. The lowest BCUT2D eigenvalue weighted by molar-refractivity contribution is 0.112. The second kappa shape index (κ2) is 4.53. The van der Waals surface area contributed by atoms with Crippen LogP contribution in [0.15, 0.2) is 36.8 Å². The van der Waals surface area contributed by atoms with Crippen LogP contribution in [0.2, 0.25) is 0 Å². The zero-order chi connectivity index (χ0) is 11.4. The number of carbonyl (C=O) groups excluding carboxylic acids is 1. The van der Waals surface area contributed by atoms with Crippen LogP contribution in [0.25, 0.3) is 11.1 Å². The molecule has 0 unspecified atom stereocenters. The fourth-order valence-corrected chi connectivity index (χ4v) is 1.43. The number of nitrogens with zero attached hydrogens (tertiary/aromatic N) is 2. The van der Waals surface area contributed by atoms with Gasteiger partial charge in [-0.1, -0.05) is 0 Å². The fraction of sp³-hybridized carbons (Fsp3) is 0.0833. The fourth-order valence-electron chi connectivity index (χ4n) is 1.43. The number of aromatic nitrogens is 2. The summed E-state index contributed by atoms with van der Waals surface area (Å²) in [4.78, 5) is 18.7. The highest BCUT2D eigenvalue weighted by Gasteiger charge is 2.07. The molecule has 4 nitrogen and oxygen atoms in total. The molecule has 0 amide bonds. The average Bonchev–Trinajstić information content (AvgIpc) is 2.39. The number of methoxy groups -OCH3 is 1. The van der Waals surface area contributed by atoms with Crippen molar-refractivity contribution in [1.29, 1.82) is 0 Å². The summed E-state index contributed by atoms with van der Waals surface area (Å²) in [6.45, 7) is 0. The Kier molecular flexibility index (Phi) is 2.91. The minimum absolute atomic E-state index is 0.497. The van der Waals surface area contributed by atoms with Gasteiger partial charge in [-0.2, -0.15) is 0 Å². The van der Waals surface area contributed by atoms with Crippen molar-refractivity contribution in [3.8, 4) is 17.0 Å². The summed E-state index contributed by atoms with van der Waals surface area (Å²) in [5.74, 6) is 0.497. The smallest absolute Gasteiger partial charge is 0.221 e. The highest BCUT2D eigenvalue weighted by Crippen LogP contribution is 2.27. The summed E-state index contributed by atoms with van der Waals surface area (Å²) >= 11 is 0. The first kappa shape index (κ1) is 10.3. The highest BCUT2D eigenvalue weighted by molar-refractivity contribution is 5.79. The van der Waals surface area contributed by atoms with E-state index in [0.717, 1.165) is 17.4 Å². The van der Waals surface area contributed by atoms with Gasteiger partial charge in [0.15, 0.2) is 6.29 Å². The standard InChI is InChI=1S/C12H10N2O2/c1-16-12-11(6-9(8-15)7-14-12)10-2-4-13-5-3-10/h2-8H,1H3. The predicted octanol–water partition coefficient (Wildman–Crippen LogP) is 1.96. The number of rotatable bonds is 3. The number of ether oxygens (including phenoxy) is 1. The van der Waals surface area contributed by atoms with Crippen molar-refractivity contribution >= 4 is 6.29 Å². The third-order valence-corrected chi connectivity index (χ3v) is 2.19. The molecule has 80 valence electrons. The summed E-state index contributed by atoms with van der Waals surface area (Å²) < 4.78 is 5.15. The minimum atomic E-state index is 0.497. The van der Waals surface area contributed by atoms with Crippen molar-refractivity contribution in [2.45, 2.75) is 0 Å². The molecule has 16 heavy (non-hydrogen) atoms. The van der Waals surface area contributed by atoms with Crippen LogP contribution >= 0.6 is 0 Å². The van der Waals surface area contributed by atoms with Crippen LogP contribution in [0.1, 0.15) is 10.4 Å². The van der Waals surface area contributed by atoms with Gasteiger partial charge in [-0.3, -0.25) is 9.78 Å². The van der Waals surface area contributed by atoms with Gasteiger partial charge in [-0.05, 0) is 23.8 Å². The Morgan fingerprint density at radius 1 is 1.31 bits per heavy atom. The van der Waals surface area contributed by atoms with E-state index in [-0.39, 0.29) is 0 Å². The number of carbonyl (C=O) groups is 1. The van der Waals surface area contributed by atoms with E-state index in [2.05, 4.69) is 9.97 Å². The molecule has 0 N–H and O–H groups in total. The zero-order valence-corrected chi connectivity index (χ0v) is 8.75. The molecular weight excluding hydrogens is 204 g/mol. The second-order valence-corrected chi connectivity index (χ2v) is 3.18. The van der Waals surface area contributed by atoms with Crippen LogP contribution in [0.5, 0.6) is 5.88 Å². The van der Waals surface area contributed by atoms with E-state index < -0.39 is 0 Å². The number of hydrogen-bond acceptors (Lipinski definition) is 4. The van der Waals surface area contributed by atoms with Gasteiger partial charge in [-0.15, -0.1) is 0 Å². The summed E-state index contributed by atoms with van der Waals surface area (Å²) in [6, 6.07) is 5.43. The van der Waals surface area contributed by atoms with E-state index >= 15 is 0 Å². The zero-order valence-electron chi connectivity index (χ0n) is 8.75. The Hall–Kier alpha value is -2.23. The quantitative estimate of drug-likeness (QED) is 0.733. The molecule has 0 aliphatic heterocycles. The highest BCUT2D eigenvalue weighted by atomic mass is 16.5. The van der Waals surface area contributed by atoms with Crippen LogP contribution in [0.3, 0.4) is 0 Å². The van der Waals surface area contributed by atoms with Crippen LogP contribution in [-0.4, -0.2) is 23.4 Å². The van der Waals surface area contributed by atoms with E-state index in [1.54, 1.807) is 25.6 Å². The number of aldehydes is 1. The molecule has 2 aromatic rings. The Bertz CT molecular complexity index is 498. The summed E-state index contributed by atoms with van der Waals surface area (Å²) in [7, 11) is 1.55. The van der Waals surface area contributed by atoms with Gasteiger partial charge in [0.05, 0.1) is 7.11 Å². The first-order chi connectivity index (χ1) is 7.85. The predicted molar refractivity (Wildman–Crippen MR) is 59.4 cm³/mol. The number of pyridine rings is 2. The number of hydrogen-bond donors (Lipinski definition) is 0. The maximum atomic E-state index is 10.7. The van der Waals surface area contributed by atoms with E-state index in [9.17, 15) is 4.79 Å². The molecule has 0 aromatic carbocycles. The molecule has 0 bridgehead atoms. The summed E-state index contributed by atoms with van der Waals surface area (Å²) in [5, 5.41) is 0. The topological polar surface area (TPSA) is 52.1 Å². The van der Waals surface area contributed by atoms with Crippen molar-refractivity contribution in [3.05, 3.63) is 42.4 Å². The Labute approximate surface area is 92.9 Å². The van der Waals surface area contributed by atoms with Crippen molar-refractivity contribution in [2.24, 2.45) is 0 Å². The van der Waals surface area contributed by atoms with Crippen molar-refractivity contribution in [2.75, 3.05) is 7.11 Å². The van der Waals surface area contributed by atoms with Crippen molar-refractivity contribution in [3.63, 3.8) is 0 Å². The van der Waals surface area contributed by atoms with Gasteiger partial charge in [0, 0.05) is 29.7 Å². The van der Waals surface area contributed by atoms with E-state index in [1.165, 1.54) is 6.20 Å². The van der Waals surface area contributed by atoms with Crippen LogP contribution in [0, 0.1) is 0 Å². The molecule has 0 aliphatic carbocycles. The molecule has 0 aliphatic rings. The molecule has 0 fully saturated rings. The molecule has 4 heteroatoms. The molecular formula is C12H10N2O2. The molecule has 2 rings (SSSR count). The molecule has 0 spiro atoms. The van der Waals surface area contributed by atoms with Gasteiger partial charge in [0.25, 0.3) is 0 Å². The van der Waals surface area contributed by atoms with E-state index in [1.807, 2.05) is 12.1 Å². The van der Waals surface area contributed by atoms with Crippen LogP contribution < -0.4 is 4.74 Å². The monoisotopic (exact) mass is 214 g/mol. The molecule has 0 saturated carbocycles. The van der Waals surface area contributed by atoms with Crippen molar-refractivity contribution < 1.29 is 9.53 Å². The van der Waals surface area contributed by atoms with Crippen molar-refractivity contribution in [1.82, 2.24) is 9.97 Å². The van der Waals surface area contributed by atoms with Gasteiger partial charge >= 0.3 is 0 Å². The van der Waals surface area contributed by atoms with Gasteiger partial charge in [0.2, 0.25) is 5.88 Å². The SMILES string of the molecule is COc1ncc(C=O)cc1-c1ccncc1. The third kappa shape index (κ3) is 1.91. The lowest BCUT2D eigenvalue weighted by Gasteiger charge is -2.07.